The number of nitrogens with zero attached hydrogens (tertiary/aromatic N) is 4. The van der Waals surface area contributed by atoms with Gasteiger partial charge in [0.05, 0.1) is 0 Å². The number of rotatable bonds is 22. The molecule has 144 heavy (non-hydrogen) atoms. The maximum Gasteiger partial charge on any atom is 0.535 e. The van der Waals surface area contributed by atoms with E-state index in [0.717, 1.165) is 22.3 Å². The summed E-state index contributed by atoms with van der Waals surface area (Å²) in [7, 11) is -7.92. The van der Waals surface area contributed by atoms with E-state index < -0.39 is 284 Å². The van der Waals surface area contributed by atoms with Crippen molar-refractivity contribution in [2.24, 2.45) is 0 Å². The van der Waals surface area contributed by atoms with Crippen molar-refractivity contribution in [1.82, 2.24) is 0 Å². The lowest BCUT2D eigenvalue weighted by atomic mass is 9.13. The molecule has 0 bridgehead atoms. The molecule has 0 unspecified atom stereocenters. The maximum atomic E-state index is 16.9. The molecule has 38 heteroatoms. The predicted octanol–water partition coefficient (Wildman–Crippen LogP) is 28.4. The third-order valence-electron chi connectivity index (χ3n) is 27.3. The molecule has 0 atom stereocenters. The maximum absolute atomic E-state index is 16.9. The topological polar surface area (TPSA) is 12.5 Å². The number of para-hydroxylation sites is 4. The summed E-state index contributed by atoms with van der Waals surface area (Å²) in [6, 6.07) is 29.6. The van der Waals surface area contributed by atoms with Gasteiger partial charge < -0.3 is 9.13 Å². The molecule has 0 saturated carbocycles. The van der Waals surface area contributed by atoms with Crippen LogP contribution in [0.2, 0.25) is 12.6 Å². The highest BCUT2D eigenvalue weighted by molar-refractivity contribution is 7.14. The minimum Gasteiger partial charge on any atom is -0.310 e. The van der Waals surface area contributed by atoms with Crippen LogP contribution in [0.25, 0.3) is 0 Å². The summed E-state index contributed by atoms with van der Waals surface area (Å²) in [4.78, 5) is 0. The normalized spacial score (nSPS) is 14.5. The monoisotopic (exact) mass is 2070 g/mol. The Kier molecular flexibility index (Phi) is 30.5. The molecule has 0 saturated heterocycles. The first-order valence-corrected chi connectivity index (χ1v) is 50.0. The Morgan fingerprint density at radius 1 is 0.215 bits per heavy atom. The molecule has 762 valence electrons. The van der Waals surface area contributed by atoms with Crippen LogP contribution in [0.1, 0.15) is 228 Å². The smallest absolute Gasteiger partial charge is 0.310 e. The van der Waals surface area contributed by atoms with Crippen LogP contribution in [0.5, 0.6) is 0 Å². The molecule has 4 nitrogen and oxygen atoms in total. The first-order chi connectivity index (χ1) is 67.2. The van der Waals surface area contributed by atoms with Crippen LogP contribution in [0, 0.1) is 188 Å². The highest BCUT2D eigenvalue weighted by Gasteiger charge is 2.68. The second-order valence-electron chi connectivity index (χ2n) is 39.1. The summed E-state index contributed by atoms with van der Waals surface area (Å²) >= 11 is 0. The SMILES string of the molecule is CC1=CC(C[B-](c2c(F)c(F)c(F)c(F)c2F)(c2c(F)c(F)c(F)c(F)c2F)c2c(F)c(F)c(F)c(F)c2F)=[N+](c2c(C(C)C)cccc2C(C)C)[Si]2(C=C2)N1c1c(C(C)C)cccc1C(C)C.CC1=CC(C[B-](c2c(F)c(F)c(F)c(F)c2F)(c2c(F)c(F)c(F)c(F)c2F)c2c(F)c(F)c(F)c(F)c2F)=[N+](c2c(C(C)C)cccc2C(C)C)[Si]2(C=C2)N1c1c(C(C)C)cccc1C(C)C.Cc1ccc(C)cc1. The van der Waals surface area contributed by atoms with Crippen molar-refractivity contribution >= 4 is 96.0 Å². The quantitative estimate of drug-likeness (QED) is 0.0290. The number of anilines is 2. The summed E-state index contributed by atoms with van der Waals surface area (Å²) in [5.74, 6) is -93.2. The van der Waals surface area contributed by atoms with Gasteiger partial charge in [-0.05, 0) is 120 Å². The minimum absolute atomic E-state index is 0.174. The van der Waals surface area contributed by atoms with Gasteiger partial charge in [0.2, 0.25) is 0 Å². The molecule has 2 spiro atoms. The van der Waals surface area contributed by atoms with Gasteiger partial charge in [0.15, 0.2) is 116 Å². The Morgan fingerprint density at radius 2 is 0.361 bits per heavy atom. The van der Waals surface area contributed by atoms with Crippen molar-refractivity contribution in [3.8, 4) is 0 Å². The number of hydrogen-bond donors (Lipinski definition) is 0. The van der Waals surface area contributed by atoms with Crippen molar-refractivity contribution in [3.05, 3.63) is 374 Å². The van der Waals surface area contributed by atoms with Crippen LogP contribution in [0.15, 0.2) is 143 Å². The Hall–Kier alpha value is -12.2. The minimum atomic E-state index is -5.93. The van der Waals surface area contributed by atoms with E-state index in [9.17, 15) is 26.3 Å². The summed E-state index contributed by atoms with van der Waals surface area (Å²) in [6.45, 7) is 36.6. The molecule has 11 aromatic carbocycles. The fraction of sp³-hybridized carbons (Fsp3) is 0.283. The number of halogens is 30. The first kappa shape index (κ1) is 109. The average molecular weight is 2070 g/mol. The third kappa shape index (κ3) is 17.6. The van der Waals surface area contributed by atoms with E-state index in [1.54, 1.807) is 115 Å². The largest absolute Gasteiger partial charge is 0.535 e. The van der Waals surface area contributed by atoms with Crippen molar-refractivity contribution in [2.45, 2.75) is 198 Å². The summed E-state index contributed by atoms with van der Waals surface area (Å²) in [5.41, 5.74) is -0.142. The van der Waals surface area contributed by atoms with Gasteiger partial charge in [-0.25, -0.2) is 140 Å². The van der Waals surface area contributed by atoms with E-state index in [1.807, 2.05) is 101 Å². The van der Waals surface area contributed by atoms with Gasteiger partial charge in [0.1, 0.15) is 93.5 Å². The number of hydrogen-bond acceptors (Lipinski definition) is 2. The zero-order valence-corrected chi connectivity index (χ0v) is 83.0. The molecule has 11 aromatic rings. The van der Waals surface area contributed by atoms with Crippen molar-refractivity contribution in [1.29, 1.82) is 0 Å². The lowest BCUT2D eigenvalue weighted by molar-refractivity contribution is -0.294. The molecule has 0 aromatic heterocycles. The number of benzene rings is 11. The van der Waals surface area contributed by atoms with Crippen LogP contribution in [-0.2, 0) is 0 Å². The van der Waals surface area contributed by atoms with Crippen LogP contribution in [0.3, 0.4) is 0 Å². The average Bonchev–Trinajstić information content (AvgIpc) is 1.45. The van der Waals surface area contributed by atoms with Crippen molar-refractivity contribution in [3.63, 3.8) is 0 Å². The first-order valence-electron chi connectivity index (χ1n) is 45.9. The Bertz CT molecular complexity index is 6270. The van der Waals surface area contributed by atoms with Gasteiger partial charge in [-0.1, -0.05) is 232 Å². The van der Waals surface area contributed by atoms with Gasteiger partial charge >= 0.3 is 16.8 Å². The molecule has 0 radical (unpaired) electrons. The Morgan fingerprint density at radius 3 is 0.507 bits per heavy atom. The van der Waals surface area contributed by atoms with Crippen molar-refractivity contribution in [2.75, 3.05) is 9.13 Å². The third-order valence-corrected chi connectivity index (χ3v) is 34.2. The molecule has 15 rings (SSSR count). The van der Waals surface area contributed by atoms with Crippen LogP contribution < -0.4 is 41.9 Å². The van der Waals surface area contributed by atoms with Gasteiger partial charge in [-0.2, -0.15) is 0 Å². The molecule has 4 aliphatic heterocycles. The molecule has 0 N–H and O–H groups in total. The van der Waals surface area contributed by atoms with E-state index in [2.05, 4.69) is 38.1 Å². The molecule has 4 aliphatic rings. The Balaban J connectivity index is 0.000000224. The van der Waals surface area contributed by atoms with E-state index in [4.69, 9.17) is 0 Å². The molecule has 0 amide bonds. The van der Waals surface area contributed by atoms with Crippen LogP contribution >= 0.6 is 0 Å². The molecule has 0 fully saturated rings. The van der Waals surface area contributed by atoms with E-state index in [1.165, 1.54) is 45.6 Å². The van der Waals surface area contributed by atoms with Gasteiger partial charge in [0, 0.05) is 57.2 Å². The summed E-state index contributed by atoms with van der Waals surface area (Å²) < 4.78 is 487. The van der Waals surface area contributed by atoms with Gasteiger partial charge in [-0.3, -0.25) is 0 Å². The second kappa shape index (κ2) is 40.3. The molecule has 4 heterocycles. The lowest BCUT2D eigenvalue weighted by Gasteiger charge is -2.45. The standard InChI is InChI=1S/2C49H42BF15N2Si.C8H10/c2*1-20(2)26-12-10-13-27(21(3)4)48(26)66-24(9)18-25(67(68(66)16-17-68)49-28(22(5)6)14-11-15-29(49)23(7)8)19-50(30-33(51)39(57)45(63)40(58)34(30)52,31-35(53)41(59)46(64)42(60)36(31)54)32-37(55)43(61)47(65)44(62)38(32)56;1-7-3-5-8(2)6-4-7/h2*10-18,20-23H,19H2,1-9H3;3-6H,1-2H3. The predicted molar refractivity (Wildman–Crippen MR) is 503 cm³/mol. The van der Waals surface area contributed by atoms with Crippen LogP contribution in [-0.4, -0.2) is 49.0 Å². The number of aryl methyl sites for hydroxylation is 2. The zero-order valence-electron chi connectivity index (χ0n) is 81.0. The lowest BCUT2D eigenvalue weighted by Crippen LogP contribution is -2.74. The molecular formula is C106H94B2F30N4Si2. The fourth-order valence-electron chi connectivity index (χ4n) is 20.5. The zero-order chi connectivity index (χ0) is 107. The van der Waals surface area contributed by atoms with E-state index >= 15 is 105 Å². The summed E-state index contributed by atoms with van der Waals surface area (Å²) in [5, 5.41) is 0. The second-order valence-corrected chi connectivity index (χ2v) is 45.3. The van der Waals surface area contributed by atoms with E-state index in [0.29, 0.717) is 33.6 Å². The van der Waals surface area contributed by atoms with Gasteiger partial charge in [-0.15, -0.1) is 32.8 Å². The molecule has 0 aliphatic carbocycles. The van der Waals surface area contributed by atoms with Crippen LogP contribution in [0.4, 0.5) is 154 Å². The molecular weight excluding hydrogens is 1980 g/mol. The van der Waals surface area contributed by atoms with Crippen molar-refractivity contribution < 1.29 is 140 Å². The van der Waals surface area contributed by atoms with Gasteiger partial charge in [0.25, 0.3) is 0 Å². The fourth-order valence-corrected chi connectivity index (χ4v) is 28.3. The summed E-state index contributed by atoms with van der Waals surface area (Å²) in [6.07, 6.45) is -13.4. The van der Waals surface area contributed by atoms with E-state index in [-0.39, 0.29) is 46.4 Å². The highest BCUT2D eigenvalue weighted by Crippen LogP contribution is 2.54. The Labute approximate surface area is 813 Å². The number of allylic oxidation sites excluding steroid dienone is 4. The highest BCUT2D eigenvalue weighted by atomic mass is 28.4.